The van der Waals surface area contributed by atoms with Crippen molar-refractivity contribution in [2.24, 2.45) is 0 Å². The maximum Gasteiger partial charge on any atom is 0.182 e. The van der Waals surface area contributed by atoms with E-state index in [9.17, 15) is 0 Å². The second-order valence-electron chi connectivity index (χ2n) is 12.5. The molecule has 0 amide bonds. The summed E-state index contributed by atoms with van der Waals surface area (Å²) in [6, 6.07) is 57.1. The van der Waals surface area contributed by atoms with E-state index in [4.69, 9.17) is 10.1 Å². The molecule has 0 radical (unpaired) electrons. The Morgan fingerprint density at radius 1 is 0.457 bits per heavy atom. The van der Waals surface area contributed by atoms with E-state index in [0.717, 1.165) is 39.7 Å². The van der Waals surface area contributed by atoms with Crippen molar-refractivity contribution in [2.75, 3.05) is 4.90 Å². The minimum atomic E-state index is 0.0755. The van der Waals surface area contributed by atoms with Gasteiger partial charge < -0.3 is 4.90 Å². The van der Waals surface area contributed by atoms with E-state index < -0.39 is 0 Å². The van der Waals surface area contributed by atoms with E-state index in [1.165, 1.54) is 16.7 Å². The van der Waals surface area contributed by atoms with E-state index in [1.54, 1.807) is 0 Å². The molecule has 0 spiro atoms. The van der Waals surface area contributed by atoms with Crippen LogP contribution in [0.4, 0.5) is 17.1 Å². The van der Waals surface area contributed by atoms with E-state index in [0.29, 0.717) is 5.82 Å². The Balaban J connectivity index is 1.30. The molecule has 0 bridgehead atoms. The van der Waals surface area contributed by atoms with Gasteiger partial charge in [0.05, 0.1) is 5.69 Å². The van der Waals surface area contributed by atoms with Gasteiger partial charge in [0.15, 0.2) is 11.6 Å². The van der Waals surface area contributed by atoms with Gasteiger partial charge in [-0.15, -0.1) is 5.10 Å². The highest BCUT2D eigenvalue weighted by Gasteiger charge is 2.19. The minimum Gasteiger partial charge on any atom is -0.311 e. The van der Waals surface area contributed by atoms with Gasteiger partial charge in [0.25, 0.3) is 0 Å². The zero-order valence-electron chi connectivity index (χ0n) is 26.4. The van der Waals surface area contributed by atoms with Crippen LogP contribution in [0.3, 0.4) is 0 Å². The maximum atomic E-state index is 5.12. The Kier molecular flexibility index (Phi) is 7.78. The number of nitrogens with zero attached hydrogens (tertiary/aromatic N) is 4. The van der Waals surface area contributed by atoms with Crippen molar-refractivity contribution >= 4 is 17.1 Å². The van der Waals surface area contributed by atoms with E-state index in [-0.39, 0.29) is 5.41 Å². The number of hydrogen-bond acceptors (Lipinski definition) is 3. The molecule has 0 aliphatic rings. The lowest BCUT2D eigenvalue weighted by atomic mass is 9.87. The smallest absolute Gasteiger partial charge is 0.182 e. The Bertz CT molecular complexity index is 1980. The van der Waals surface area contributed by atoms with Gasteiger partial charge >= 0.3 is 0 Å². The molecular formula is C42H36N4. The zero-order valence-corrected chi connectivity index (χ0v) is 26.4. The summed E-state index contributed by atoms with van der Waals surface area (Å²) < 4.78 is 1.96. The van der Waals surface area contributed by atoms with Crippen molar-refractivity contribution in [3.8, 4) is 39.6 Å². The fourth-order valence-corrected chi connectivity index (χ4v) is 5.71. The third kappa shape index (κ3) is 5.98. The van der Waals surface area contributed by atoms with E-state index >= 15 is 0 Å². The molecule has 7 aromatic rings. The first-order valence-corrected chi connectivity index (χ1v) is 15.7. The molecule has 46 heavy (non-hydrogen) atoms. The summed E-state index contributed by atoms with van der Waals surface area (Å²) in [6.07, 6.45) is 0. The minimum absolute atomic E-state index is 0.0755. The summed E-state index contributed by atoms with van der Waals surface area (Å²) in [5.41, 5.74) is 9.91. The van der Waals surface area contributed by atoms with Crippen molar-refractivity contribution in [1.82, 2.24) is 14.8 Å². The van der Waals surface area contributed by atoms with Crippen molar-refractivity contribution in [3.05, 3.63) is 169 Å². The third-order valence-electron chi connectivity index (χ3n) is 8.25. The highest BCUT2D eigenvalue weighted by molar-refractivity contribution is 5.77. The predicted molar refractivity (Wildman–Crippen MR) is 191 cm³/mol. The van der Waals surface area contributed by atoms with Crippen molar-refractivity contribution < 1.29 is 0 Å². The van der Waals surface area contributed by atoms with Crippen LogP contribution in [0.2, 0.25) is 0 Å². The topological polar surface area (TPSA) is 34.0 Å². The van der Waals surface area contributed by atoms with Crippen LogP contribution in [0.25, 0.3) is 39.6 Å². The standard InChI is InChI=1S/C42H36N4/c1-42(2,3)35-25-23-33(24-26-35)40-43-41(34-21-19-32(20-22-34)31-13-7-4-8-14-31)46(44-40)39-29-27-38(28-30-39)45(36-15-9-5-10-16-36)37-17-11-6-12-18-37/h4-30H,1-3H3. The summed E-state index contributed by atoms with van der Waals surface area (Å²) in [4.78, 5) is 7.38. The summed E-state index contributed by atoms with van der Waals surface area (Å²) >= 11 is 0. The van der Waals surface area contributed by atoms with Crippen LogP contribution in [-0.2, 0) is 5.41 Å². The van der Waals surface area contributed by atoms with Crippen LogP contribution in [0, 0.1) is 0 Å². The SMILES string of the molecule is CC(C)(C)c1ccc(-c2nc(-c3ccc(-c4ccccc4)cc3)n(-c3ccc(N(c4ccccc4)c4ccccc4)cc3)n2)cc1. The van der Waals surface area contributed by atoms with Crippen LogP contribution in [0.15, 0.2) is 164 Å². The zero-order chi connectivity index (χ0) is 31.5. The molecule has 0 atom stereocenters. The first kappa shape index (κ1) is 29.0. The lowest BCUT2D eigenvalue weighted by Crippen LogP contribution is -2.10. The lowest BCUT2D eigenvalue weighted by Gasteiger charge is -2.25. The quantitative estimate of drug-likeness (QED) is 0.184. The Hall–Kier alpha value is -5.74. The number of aromatic nitrogens is 3. The van der Waals surface area contributed by atoms with E-state index in [1.807, 2.05) is 22.9 Å². The van der Waals surface area contributed by atoms with Crippen LogP contribution >= 0.6 is 0 Å². The van der Waals surface area contributed by atoms with Crippen LogP contribution in [0.1, 0.15) is 26.3 Å². The average Bonchev–Trinajstić information content (AvgIpc) is 3.56. The predicted octanol–water partition coefficient (Wildman–Crippen LogP) is 11.0. The fraction of sp³-hybridized carbons (Fsp3) is 0.0952. The maximum absolute atomic E-state index is 5.12. The van der Waals surface area contributed by atoms with Gasteiger partial charge in [-0.3, -0.25) is 0 Å². The van der Waals surface area contributed by atoms with Crippen molar-refractivity contribution in [2.45, 2.75) is 26.2 Å². The van der Waals surface area contributed by atoms with Gasteiger partial charge in [-0.2, -0.15) is 0 Å². The van der Waals surface area contributed by atoms with Gasteiger partial charge in [-0.25, -0.2) is 9.67 Å². The number of anilines is 3. The molecule has 1 heterocycles. The largest absolute Gasteiger partial charge is 0.311 e. The second-order valence-corrected chi connectivity index (χ2v) is 12.5. The molecule has 1 aromatic heterocycles. The van der Waals surface area contributed by atoms with Gasteiger partial charge in [0, 0.05) is 28.2 Å². The molecule has 0 saturated heterocycles. The second kappa shape index (κ2) is 12.3. The number of rotatable bonds is 7. The Morgan fingerprint density at radius 2 is 0.913 bits per heavy atom. The molecule has 6 aromatic carbocycles. The van der Waals surface area contributed by atoms with Crippen LogP contribution in [0.5, 0.6) is 0 Å². The first-order valence-electron chi connectivity index (χ1n) is 15.7. The molecule has 0 fully saturated rings. The molecule has 0 aliphatic carbocycles. The van der Waals surface area contributed by atoms with Gasteiger partial charge in [0.2, 0.25) is 0 Å². The lowest BCUT2D eigenvalue weighted by molar-refractivity contribution is 0.590. The van der Waals surface area contributed by atoms with Crippen molar-refractivity contribution in [3.63, 3.8) is 0 Å². The monoisotopic (exact) mass is 596 g/mol. The highest BCUT2D eigenvalue weighted by Crippen LogP contribution is 2.35. The fourth-order valence-electron chi connectivity index (χ4n) is 5.71. The number of benzene rings is 6. The number of para-hydroxylation sites is 2. The molecule has 0 aliphatic heterocycles. The average molecular weight is 597 g/mol. The van der Waals surface area contributed by atoms with Crippen LogP contribution in [-0.4, -0.2) is 14.8 Å². The van der Waals surface area contributed by atoms with E-state index in [2.05, 4.69) is 171 Å². The highest BCUT2D eigenvalue weighted by atomic mass is 15.4. The molecule has 7 rings (SSSR count). The first-order chi connectivity index (χ1) is 22.4. The Morgan fingerprint density at radius 3 is 1.46 bits per heavy atom. The normalized spacial score (nSPS) is 11.4. The molecule has 0 N–H and O–H groups in total. The van der Waals surface area contributed by atoms with Gasteiger partial charge in [0.1, 0.15) is 0 Å². The summed E-state index contributed by atoms with van der Waals surface area (Å²) in [7, 11) is 0. The van der Waals surface area contributed by atoms with Crippen LogP contribution < -0.4 is 4.90 Å². The summed E-state index contributed by atoms with van der Waals surface area (Å²) in [5, 5.41) is 5.08. The molecule has 4 nitrogen and oxygen atoms in total. The Labute approximate surface area is 271 Å². The summed E-state index contributed by atoms with van der Waals surface area (Å²) in [5.74, 6) is 1.49. The molecule has 0 unspecified atom stereocenters. The molecule has 4 heteroatoms. The molecule has 224 valence electrons. The van der Waals surface area contributed by atoms with Gasteiger partial charge in [-0.1, -0.05) is 136 Å². The third-order valence-corrected chi connectivity index (χ3v) is 8.25. The molecular weight excluding hydrogens is 560 g/mol. The number of hydrogen-bond donors (Lipinski definition) is 0. The summed E-state index contributed by atoms with van der Waals surface area (Å²) in [6.45, 7) is 6.69. The van der Waals surface area contributed by atoms with Gasteiger partial charge in [-0.05, 0) is 70.6 Å². The molecule has 0 saturated carbocycles. The van der Waals surface area contributed by atoms with Crippen molar-refractivity contribution in [1.29, 1.82) is 0 Å².